The monoisotopic (exact) mass is 1890 g/mol. The molecule has 0 amide bonds. The summed E-state index contributed by atoms with van der Waals surface area (Å²) >= 11 is 0. The van der Waals surface area contributed by atoms with Crippen LogP contribution in [0.2, 0.25) is 0 Å². The van der Waals surface area contributed by atoms with Gasteiger partial charge in [-0.15, -0.1) is 0 Å². The molecule has 0 saturated carbocycles. The predicted octanol–water partition coefficient (Wildman–Crippen LogP) is 15.4. The molecule has 0 saturated heterocycles. The summed E-state index contributed by atoms with van der Waals surface area (Å²) in [6, 6.07) is 0. The van der Waals surface area contributed by atoms with E-state index in [1.165, 1.54) is 30.4 Å². The molecular formula is C55H100Ir5O10. The van der Waals surface area contributed by atoms with Crippen molar-refractivity contribution in [3.8, 4) is 0 Å². The van der Waals surface area contributed by atoms with Gasteiger partial charge in [-0.25, -0.2) is 0 Å². The van der Waals surface area contributed by atoms with Crippen LogP contribution in [0.25, 0.3) is 0 Å². The van der Waals surface area contributed by atoms with Gasteiger partial charge in [-0.1, -0.05) is 159 Å². The van der Waals surface area contributed by atoms with E-state index in [-0.39, 0.29) is 187 Å². The first-order chi connectivity index (χ1) is 29.1. The normalized spacial score (nSPS) is 13.0. The Morgan fingerprint density at radius 2 is 0.929 bits per heavy atom. The molecular weight excluding hydrogens is 1780 g/mol. The Morgan fingerprint density at radius 1 is 0.486 bits per heavy atom. The Hall–Kier alpha value is -0.703. The Bertz CT molecular complexity index is 1570. The summed E-state index contributed by atoms with van der Waals surface area (Å²) in [6.07, 6.45) is 11.2. The molecule has 2 unspecified atom stereocenters. The molecule has 0 aromatic rings. The summed E-state index contributed by atoms with van der Waals surface area (Å²) < 4.78 is 0. The third-order valence-corrected chi connectivity index (χ3v) is 9.60. The van der Waals surface area contributed by atoms with Crippen LogP contribution in [-0.2, 0) is 124 Å². The maximum absolute atomic E-state index is 11.6. The number of ketones is 5. The molecule has 0 spiro atoms. The zero-order chi connectivity index (χ0) is 52.8. The predicted molar refractivity (Wildman–Crippen MR) is 273 cm³/mol. The number of aliphatic hydroxyl groups is 5. The molecule has 0 aromatic heterocycles. The molecule has 0 aliphatic carbocycles. The minimum atomic E-state index is -0.411. The molecule has 10 nitrogen and oxygen atoms in total. The van der Waals surface area contributed by atoms with Gasteiger partial charge in [-0.3, -0.25) is 24.0 Å². The zero-order valence-electron chi connectivity index (χ0n) is 47.3. The Balaban J connectivity index is -0.0000000794. The van der Waals surface area contributed by atoms with Gasteiger partial charge in [-0.2, -0.15) is 0 Å². The van der Waals surface area contributed by atoms with E-state index in [0.717, 1.165) is 12.8 Å². The van der Waals surface area contributed by atoms with Crippen LogP contribution < -0.4 is 0 Å². The van der Waals surface area contributed by atoms with E-state index in [1.807, 2.05) is 118 Å². The number of hydrogen-bond donors (Lipinski definition) is 5. The largest absolute Gasteiger partial charge is 0.512 e. The molecule has 0 aliphatic heterocycles. The van der Waals surface area contributed by atoms with E-state index in [4.69, 9.17) is 5.11 Å². The number of aliphatic hydroxyl groups excluding tert-OH is 5. The van der Waals surface area contributed by atoms with Crippen molar-refractivity contribution >= 4 is 28.9 Å². The van der Waals surface area contributed by atoms with Gasteiger partial charge in [0.05, 0.1) is 23.0 Å². The molecule has 0 aliphatic rings. The summed E-state index contributed by atoms with van der Waals surface area (Å²) in [4.78, 5) is 56.3. The molecule has 425 valence electrons. The van der Waals surface area contributed by atoms with Crippen LogP contribution in [0.1, 0.15) is 204 Å². The van der Waals surface area contributed by atoms with E-state index in [0.29, 0.717) is 55.8 Å². The summed E-state index contributed by atoms with van der Waals surface area (Å²) in [6.45, 7) is 44.7. The van der Waals surface area contributed by atoms with Crippen LogP contribution in [0.15, 0.2) is 59.2 Å². The molecule has 0 fully saturated rings. The summed E-state index contributed by atoms with van der Waals surface area (Å²) in [5.41, 5.74) is -0.735. The maximum Gasteiger partial charge on any atom is 0.164 e. The first-order valence-electron chi connectivity index (χ1n) is 23.8. The van der Waals surface area contributed by atoms with Gasteiger partial charge in [0.1, 0.15) is 5.76 Å². The van der Waals surface area contributed by atoms with Crippen molar-refractivity contribution < 1.29 is 150 Å². The van der Waals surface area contributed by atoms with Gasteiger partial charge in [0.2, 0.25) is 0 Å². The number of hydrogen-bond acceptors (Lipinski definition) is 10. The first kappa shape index (κ1) is 91.9. The van der Waals surface area contributed by atoms with Crippen molar-refractivity contribution in [2.45, 2.75) is 204 Å². The van der Waals surface area contributed by atoms with Gasteiger partial charge in [0.15, 0.2) is 28.9 Å². The van der Waals surface area contributed by atoms with Gasteiger partial charge < -0.3 is 25.5 Å². The smallest absolute Gasteiger partial charge is 0.164 e. The Labute approximate surface area is 495 Å². The molecule has 0 bridgehead atoms. The molecule has 0 aromatic carbocycles. The van der Waals surface area contributed by atoms with Crippen LogP contribution in [0.4, 0.5) is 0 Å². The molecule has 0 rings (SSSR count). The number of carbonyl (C=O) groups is 5. The van der Waals surface area contributed by atoms with Crippen LogP contribution in [-0.4, -0.2) is 54.4 Å². The average Bonchev–Trinajstić information content (AvgIpc) is 3.12. The molecule has 70 heavy (non-hydrogen) atoms. The van der Waals surface area contributed by atoms with Gasteiger partial charge >= 0.3 is 0 Å². The second-order valence-electron chi connectivity index (χ2n) is 22.3. The molecule has 2 atom stereocenters. The van der Waals surface area contributed by atoms with Crippen molar-refractivity contribution in [3.63, 3.8) is 0 Å². The first-order valence-corrected chi connectivity index (χ1v) is 23.8. The van der Waals surface area contributed by atoms with Crippen LogP contribution in [0.5, 0.6) is 0 Å². The third kappa shape index (κ3) is 61.6. The Kier molecular flexibility index (Phi) is 63.0. The summed E-state index contributed by atoms with van der Waals surface area (Å²) in [5, 5.41) is 47.0. The second-order valence-corrected chi connectivity index (χ2v) is 22.3. The van der Waals surface area contributed by atoms with E-state index in [2.05, 4.69) is 34.6 Å². The van der Waals surface area contributed by atoms with Crippen molar-refractivity contribution in [2.75, 3.05) is 0 Å². The fraction of sp³-hybridized carbons (Fsp3) is 0.727. The van der Waals surface area contributed by atoms with E-state index < -0.39 is 5.41 Å². The minimum absolute atomic E-state index is 0. The second kappa shape index (κ2) is 48.0. The van der Waals surface area contributed by atoms with E-state index in [1.54, 1.807) is 6.92 Å². The van der Waals surface area contributed by atoms with Crippen LogP contribution in [0.3, 0.4) is 0 Å². The van der Waals surface area contributed by atoms with Crippen LogP contribution in [0, 0.1) is 57.7 Å². The molecule has 5 N–H and O–H groups in total. The number of rotatable bonds is 19. The molecule has 15 heteroatoms. The van der Waals surface area contributed by atoms with Crippen molar-refractivity contribution in [1.29, 1.82) is 0 Å². The number of allylic oxidation sites excluding steroid dienone is 10. The van der Waals surface area contributed by atoms with Crippen molar-refractivity contribution in [1.82, 2.24) is 0 Å². The van der Waals surface area contributed by atoms with Crippen LogP contribution >= 0.6 is 0 Å². The summed E-state index contributed by atoms with van der Waals surface area (Å²) in [5.74, 6) is 2.80. The standard InChI is InChI=1S/C13H24O2.2C12H22O2.C10H18O2.C8H14O2.5Ir/c1-9(2)10(3)7-11(14)8-12(15)13(4,5)6;1-11(2,3)8-9(13)7-10(14)12(4,5)6;1-5-10(4)12(14)8-11(13)7-6-9(2)3;1-7(2)5-9(11)6-10(12)8(3)4;1-4-7(9)5-8(10)6(2)3;;;;;/h8-10,15H,7H2,1-6H3;7,13H,8H2,1-6H3;8-10,13H,5-7H2,1-4H3;6-8,11H,5H2,1-4H3;5-6,10H,4H2,1-3H3;;;;;. The minimum Gasteiger partial charge on any atom is -0.512 e. The quantitative estimate of drug-likeness (QED) is 0.0615. The Morgan fingerprint density at radius 3 is 1.24 bits per heavy atom. The maximum atomic E-state index is 11.6. The van der Waals surface area contributed by atoms with Gasteiger partial charge in [0.25, 0.3) is 0 Å². The molecule has 5 radical (unpaired) electrons. The average molecular weight is 1880 g/mol. The number of carbonyl (C=O) groups excluding carboxylic acids is 5. The fourth-order valence-corrected chi connectivity index (χ4v) is 4.20. The topological polar surface area (TPSA) is 186 Å². The van der Waals surface area contributed by atoms with Crippen molar-refractivity contribution in [3.05, 3.63) is 59.2 Å². The third-order valence-electron chi connectivity index (χ3n) is 9.60. The fourth-order valence-electron chi connectivity index (χ4n) is 4.20. The molecule has 0 heterocycles. The summed E-state index contributed by atoms with van der Waals surface area (Å²) in [7, 11) is 0. The van der Waals surface area contributed by atoms with Gasteiger partial charge in [0, 0.05) is 192 Å². The SMILES string of the molecule is CC(C)(C)CC(O)=CC(=O)C(C)(C)C.CC(C)C(C)CC(=O)C=C(O)C(C)(C)C.CC(C)CC(O)=CC(=O)C(C)C.CCC(=O)C=C(O)C(C)C.CCC(C)C(=O)C=C(O)CCC(C)C.[Ir].[Ir].[Ir].[Ir].[Ir]. The van der Waals surface area contributed by atoms with E-state index in [9.17, 15) is 44.4 Å². The van der Waals surface area contributed by atoms with E-state index >= 15 is 0 Å². The zero-order valence-corrected chi connectivity index (χ0v) is 59.3. The van der Waals surface area contributed by atoms with Crippen molar-refractivity contribution in [2.24, 2.45) is 57.7 Å². The van der Waals surface area contributed by atoms with Gasteiger partial charge in [-0.05, 0) is 41.9 Å².